The lowest BCUT2D eigenvalue weighted by Gasteiger charge is -2.36. The molecule has 4 aliphatic rings. The molecule has 2 aliphatic carbocycles. The van der Waals surface area contributed by atoms with Gasteiger partial charge in [-0.25, -0.2) is 0 Å². The molecule has 5 rings (SSSR count). The second kappa shape index (κ2) is 8.57. The summed E-state index contributed by atoms with van der Waals surface area (Å²) in [6.45, 7) is 3.81. The fourth-order valence-corrected chi connectivity index (χ4v) is 6.44. The van der Waals surface area contributed by atoms with Crippen LogP contribution in [0.1, 0.15) is 63.4 Å². The van der Waals surface area contributed by atoms with E-state index in [1.807, 2.05) is 0 Å². The van der Waals surface area contributed by atoms with Crippen LogP contribution in [0.3, 0.4) is 0 Å². The van der Waals surface area contributed by atoms with E-state index >= 15 is 0 Å². The molecule has 1 N–H and O–H groups in total. The molecule has 168 valence electrons. The molecular weight excluding hydrogens is 388 g/mol. The van der Waals surface area contributed by atoms with Gasteiger partial charge in [-0.2, -0.15) is 0 Å². The van der Waals surface area contributed by atoms with Crippen LogP contribution in [-0.2, 0) is 19.7 Å². The van der Waals surface area contributed by atoms with Crippen molar-refractivity contribution >= 4 is 11.8 Å². The number of amides is 2. The van der Waals surface area contributed by atoms with E-state index in [1.165, 1.54) is 18.4 Å². The van der Waals surface area contributed by atoms with Crippen LogP contribution in [0.5, 0.6) is 0 Å². The molecule has 1 atom stereocenters. The van der Waals surface area contributed by atoms with Crippen molar-refractivity contribution in [3.63, 3.8) is 0 Å². The highest BCUT2D eigenvalue weighted by atomic mass is 16.5. The predicted molar refractivity (Wildman–Crippen MR) is 119 cm³/mol. The van der Waals surface area contributed by atoms with Crippen LogP contribution in [0.15, 0.2) is 30.3 Å². The lowest BCUT2D eigenvalue weighted by Crippen LogP contribution is -2.45. The molecule has 2 saturated heterocycles. The van der Waals surface area contributed by atoms with Gasteiger partial charge in [0.15, 0.2) is 0 Å². The Kier molecular flexibility index (Phi) is 5.80. The molecule has 0 bridgehead atoms. The van der Waals surface area contributed by atoms with Gasteiger partial charge in [0.1, 0.15) is 0 Å². The topological polar surface area (TPSA) is 58.6 Å². The van der Waals surface area contributed by atoms with Crippen molar-refractivity contribution in [3.05, 3.63) is 35.9 Å². The van der Waals surface area contributed by atoms with Crippen molar-refractivity contribution in [2.75, 3.05) is 32.8 Å². The molecule has 1 aromatic carbocycles. The standard InChI is InChI=1S/C26H36N2O3/c29-23(27-19-26(10-4-5-11-26)21-6-2-1-3-7-21)22-18-25(22)12-14-28(15-13-25)24(30)20-8-16-31-17-9-20/h1-3,6-7,20,22H,4-5,8-19H2,(H,27,29). The molecule has 5 nitrogen and oxygen atoms in total. The van der Waals surface area contributed by atoms with Gasteiger partial charge in [0.2, 0.25) is 11.8 Å². The van der Waals surface area contributed by atoms with Gasteiger partial charge in [0.25, 0.3) is 0 Å². The highest BCUT2D eigenvalue weighted by molar-refractivity contribution is 5.83. The third kappa shape index (κ3) is 4.13. The number of ether oxygens (including phenoxy) is 1. The molecule has 2 amide bonds. The van der Waals surface area contributed by atoms with Crippen molar-refractivity contribution < 1.29 is 14.3 Å². The van der Waals surface area contributed by atoms with E-state index in [2.05, 4.69) is 40.5 Å². The maximum Gasteiger partial charge on any atom is 0.225 e. The third-order valence-electron chi connectivity index (χ3n) is 8.70. The number of carbonyl (C=O) groups is 2. The highest BCUT2D eigenvalue weighted by Crippen LogP contribution is 2.59. The summed E-state index contributed by atoms with van der Waals surface area (Å²) in [5, 5.41) is 3.35. The smallest absolute Gasteiger partial charge is 0.225 e. The van der Waals surface area contributed by atoms with E-state index in [0.717, 1.165) is 64.6 Å². The van der Waals surface area contributed by atoms with Gasteiger partial charge in [-0.1, -0.05) is 43.2 Å². The van der Waals surface area contributed by atoms with Crippen molar-refractivity contribution in [2.45, 2.75) is 63.2 Å². The van der Waals surface area contributed by atoms with Crippen molar-refractivity contribution in [1.29, 1.82) is 0 Å². The van der Waals surface area contributed by atoms with Crippen molar-refractivity contribution in [1.82, 2.24) is 10.2 Å². The van der Waals surface area contributed by atoms with E-state index in [4.69, 9.17) is 4.74 Å². The Labute approximate surface area is 185 Å². The van der Waals surface area contributed by atoms with Gasteiger partial charge in [0.05, 0.1) is 0 Å². The van der Waals surface area contributed by atoms with Gasteiger partial charge >= 0.3 is 0 Å². The highest BCUT2D eigenvalue weighted by Gasteiger charge is 2.59. The summed E-state index contributed by atoms with van der Waals surface area (Å²) in [7, 11) is 0. The molecule has 31 heavy (non-hydrogen) atoms. The number of carbonyl (C=O) groups excluding carboxylic acids is 2. The summed E-state index contributed by atoms with van der Waals surface area (Å²) in [6, 6.07) is 10.7. The van der Waals surface area contributed by atoms with E-state index in [-0.39, 0.29) is 28.6 Å². The first kappa shape index (κ1) is 21.0. The van der Waals surface area contributed by atoms with Gasteiger partial charge in [0, 0.05) is 50.1 Å². The number of hydrogen-bond donors (Lipinski definition) is 1. The lowest BCUT2D eigenvalue weighted by molar-refractivity contribution is -0.140. The van der Waals surface area contributed by atoms with Crippen molar-refractivity contribution in [3.8, 4) is 0 Å². The zero-order valence-electron chi connectivity index (χ0n) is 18.6. The molecule has 0 aromatic heterocycles. The fraction of sp³-hybridized carbons (Fsp3) is 0.692. The first-order chi connectivity index (χ1) is 15.1. The molecule has 4 fully saturated rings. The summed E-state index contributed by atoms with van der Waals surface area (Å²) in [6.07, 6.45) is 9.48. The molecule has 1 aromatic rings. The van der Waals surface area contributed by atoms with Crippen LogP contribution in [0.4, 0.5) is 0 Å². The normalized spacial score (nSPS) is 27.2. The Morgan fingerprint density at radius 2 is 1.68 bits per heavy atom. The van der Waals surface area contributed by atoms with Crippen LogP contribution in [-0.4, -0.2) is 49.6 Å². The number of hydrogen-bond acceptors (Lipinski definition) is 3. The minimum atomic E-state index is 0.110. The number of rotatable bonds is 5. The Hall–Kier alpha value is -1.88. The van der Waals surface area contributed by atoms with Gasteiger partial charge in [-0.3, -0.25) is 9.59 Å². The quantitative estimate of drug-likeness (QED) is 0.785. The first-order valence-corrected chi connectivity index (χ1v) is 12.3. The summed E-state index contributed by atoms with van der Waals surface area (Å²) >= 11 is 0. The molecule has 5 heteroatoms. The molecular formula is C26H36N2O3. The van der Waals surface area contributed by atoms with E-state index in [9.17, 15) is 9.59 Å². The first-order valence-electron chi connectivity index (χ1n) is 12.3. The van der Waals surface area contributed by atoms with E-state index < -0.39 is 0 Å². The summed E-state index contributed by atoms with van der Waals surface area (Å²) in [5.74, 6) is 0.834. The molecule has 0 radical (unpaired) electrons. The average molecular weight is 425 g/mol. The Bertz CT molecular complexity index is 788. The summed E-state index contributed by atoms with van der Waals surface area (Å²) in [5.41, 5.74) is 1.63. The third-order valence-corrected chi connectivity index (χ3v) is 8.70. The minimum absolute atomic E-state index is 0.110. The van der Waals surface area contributed by atoms with Gasteiger partial charge in [-0.15, -0.1) is 0 Å². The van der Waals surface area contributed by atoms with Crippen LogP contribution >= 0.6 is 0 Å². The maximum atomic E-state index is 13.1. The number of nitrogens with one attached hydrogen (secondary N) is 1. The average Bonchev–Trinajstić information content (AvgIpc) is 3.30. The lowest BCUT2D eigenvalue weighted by atomic mass is 9.78. The van der Waals surface area contributed by atoms with Crippen LogP contribution in [0, 0.1) is 17.3 Å². The molecule has 1 spiro atoms. The molecule has 2 heterocycles. The molecule has 2 aliphatic heterocycles. The van der Waals surface area contributed by atoms with Crippen molar-refractivity contribution in [2.24, 2.45) is 17.3 Å². The number of nitrogens with zero attached hydrogens (tertiary/aromatic N) is 1. The largest absolute Gasteiger partial charge is 0.381 e. The minimum Gasteiger partial charge on any atom is -0.381 e. The fourth-order valence-electron chi connectivity index (χ4n) is 6.44. The molecule has 2 saturated carbocycles. The number of benzene rings is 1. The zero-order valence-corrected chi connectivity index (χ0v) is 18.6. The number of likely N-dealkylation sites (tertiary alicyclic amines) is 1. The Morgan fingerprint density at radius 3 is 2.35 bits per heavy atom. The van der Waals surface area contributed by atoms with Crippen LogP contribution < -0.4 is 5.32 Å². The summed E-state index contributed by atoms with van der Waals surface area (Å²) in [4.78, 5) is 27.9. The Balaban J connectivity index is 1.13. The van der Waals surface area contributed by atoms with Gasteiger partial charge in [-0.05, 0) is 55.9 Å². The molecule has 1 unspecified atom stereocenters. The predicted octanol–water partition coefficient (Wildman–Crippen LogP) is 3.67. The maximum absolute atomic E-state index is 13.1. The van der Waals surface area contributed by atoms with E-state index in [1.54, 1.807) is 0 Å². The second-order valence-electron chi connectivity index (χ2n) is 10.4. The zero-order chi connectivity index (χ0) is 21.3. The van der Waals surface area contributed by atoms with E-state index in [0.29, 0.717) is 19.1 Å². The second-order valence-corrected chi connectivity index (χ2v) is 10.4. The summed E-state index contributed by atoms with van der Waals surface area (Å²) < 4.78 is 5.40. The van der Waals surface area contributed by atoms with Gasteiger partial charge < -0.3 is 15.0 Å². The van der Waals surface area contributed by atoms with Crippen LogP contribution in [0.25, 0.3) is 0 Å². The SMILES string of the molecule is O=C(NCC1(c2ccccc2)CCCC1)C1CC12CCN(C(=O)C1CCOCC1)CC2. The monoisotopic (exact) mass is 424 g/mol. The number of piperidine rings is 1. The van der Waals surface area contributed by atoms with Crippen LogP contribution in [0.2, 0.25) is 0 Å². The Morgan fingerprint density at radius 1 is 1.00 bits per heavy atom.